The minimum atomic E-state index is -0.330. The molecular weight excluding hydrogens is 292 g/mol. The summed E-state index contributed by atoms with van der Waals surface area (Å²) in [5.41, 5.74) is 1.75. The van der Waals surface area contributed by atoms with Gasteiger partial charge in [0, 0.05) is 32.1 Å². The molecule has 1 atom stereocenters. The van der Waals surface area contributed by atoms with Gasteiger partial charge in [-0.3, -0.25) is 4.79 Å². The summed E-state index contributed by atoms with van der Waals surface area (Å²) in [6, 6.07) is 7.51. The fraction of sp³-hybridized carbons (Fsp3) is 0.556. The normalized spacial score (nSPS) is 18.3. The number of nitrogens with zero attached hydrogens (tertiary/aromatic N) is 1. The molecule has 1 aliphatic rings. The minimum absolute atomic E-state index is 0.119. The van der Waals surface area contributed by atoms with Crippen LogP contribution in [0.25, 0.3) is 0 Å². The molecule has 1 aromatic rings. The Bertz CT molecular complexity index is 561. The average Bonchev–Trinajstić information content (AvgIpc) is 2.83. The average molecular weight is 318 g/mol. The molecule has 0 radical (unpaired) electrons. The molecule has 1 aliphatic heterocycles. The van der Waals surface area contributed by atoms with Crippen LogP contribution in [0.5, 0.6) is 0 Å². The van der Waals surface area contributed by atoms with E-state index >= 15 is 0 Å². The SMILES string of the molecule is COC(=O)c1ccc(CNC2CC(=O)N(CC(C)(C)C)C2)cc1. The molecular formula is C18H26N2O3. The lowest BCUT2D eigenvalue weighted by atomic mass is 9.96. The van der Waals surface area contributed by atoms with Gasteiger partial charge in [0.2, 0.25) is 5.91 Å². The zero-order valence-corrected chi connectivity index (χ0v) is 14.4. The lowest BCUT2D eigenvalue weighted by Gasteiger charge is -2.26. The summed E-state index contributed by atoms with van der Waals surface area (Å²) in [4.78, 5) is 25.4. The summed E-state index contributed by atoms with van der Waals surface area (Å²) in [6.45, 7) is 8.66. The van der Waals surface area contributed by atoms with E-state index in [1.165, 1.54) is 7.11 Å². The van der Waals surface area contributed by atoms with Crippen LogP contribution in [0.3, 0.4) is 0 Å². The smallest absolute Gasteiger partial charge is 0.337 e. The summed E-state index contributed by atoms with van der Waals surface area (Å²) < 4.78 is 4.68. The van der Waals surface area contributed by atoms with E-state index in [2.05, 4.69) is 30.8 Å². The number of carbonyl (C=O) groups excluding carboxylic acids is 2. The van der Waals surface area contributed by atoms with Gasteiger partial charge in [-0.25, -0.2) is 4.79 Å². The minimum Gasteiger partial charge on any atom is -0.465 e. The Morgan fingerprint density at radius 2 is 1.96 bits per heavy atom. The van der Waals surface area contributed by atoms with Gasteiger partial charge >= 0.3 is 5.97 Å². The molecule has 0 saturated carbocycles. The van der Waals surface area contributed by atoms with Crippen molar-refractivity contribution in [3.63, 3.8) is 0 Å². The van der Waals surface area contributed by atoms with E-state index < -0.39 is 0 Å². The molecule has 1 N–H and O–H groups in total. The number of methoxy groups -OCH3 is 1. The second-order valence-corrected chi connectivity index (χ2v) is 7.31. The molecule has 0 aliphatic carbocycles. The van der Waals surface area contributed by atoms with Crippen LogP contribution in [0.1, 0.15) is 43.1 Å². The van der Waals surface area contributed by atoms with Crippen molar-refractivity contribution in [3.05, 3.63) is 35.4 Å². The number of hydrogen-bond donors (Lipinski definition) is 1. The number of amides is 1. The maximum Gasteiger partial charge on any atom is 0.337 e. The van der Waals surface area contributed by atoms with E-state index in [1.807, 2.05) is 17.0 Å². The molecule has 1 amide bonds. The van der Waals surface area contributed by atoms with E-state index in [1.54, 1.807) is 12.1 Å². The van der Waals surface area contributed by atoms with Crippen molar-refractivity contribution in [1.29, 1.82) is 0 Å². The Kier molecular flexibility index (Phi) is 5.42. The van der Waals surface area contributed by atoms with Crippen LogP contribution in [-0.4, -0.2) is 43.0 Å². The van der Waals surface area contributed by atoms with Gasteiger partial charge in [-0.15, -0.1) is 0 Å². The van der Waals surface area contributed by atoms with Gasteiger partial charge in [0.05, 0.1) is 12.7 Å². The van der Waals surface area contributed by atoms with Gasteiger partial charge < -0.3 is 15.0 Å². The van der Waals surface area contributed by atoms with Gasteiger partial charge in [0.25, 0.3) is 0 Å². The first-order valence-corrected chi connectivity index (χ1v) is 7.97. The van der Waals surface area contributed by atoms with E-state index in [0.29, 0.717) is 18.5 Å². The lowest BCUT2D eigenvalue weighted by molar-refractivity contribution is -0.128. The van der Waals surface area contributed by atoms with E-state index in [-0.39, 0.29) is 23.3 Å². The Labute approximate surface area is 138 Å². The molecule has 1 saturated heterocycles. The number of benzene rings is 1. The third-order valence-electron chi connectivity index (χ3n) is 3.85. The van der Waals surface area contributed by atoms with Crippen LogP contribution in [0, 0.1) is 5.41 Å². The van der Waals surface area contributed by atoms with Crippen molar-refractivity contribution in [2.24, 2.45) is 5.41 Å². The third kappa shape index (κ3) is 5.06. The highest BCUT2D eigenvalue weighted by Gasteiger charge is 2.31. The number of carbonyl (C=O) groups is 2. The van der Waals surface area contributed by atoms with Crippen LogP contribution >= 0.6 is 0 Å². The molecule has 5 heteroatoms. The fourth-order valence-electron chi connectivity index (χ4n) is 2.77. The zero-order valence-electron chi connectivity index (χ0n) is 14.4. The Morgan fingerprint density at radius 1 is 1.30 bits per heavy atom. The fourth-order valence-corrected chi connectivity index (χ4v) is 2.77. The highest BCUT2D eigenvalue weighted by atomic mass is 16.5. The van der Waals surface area contributed by atoms with Crippen LogP contribution in [0.4, 0.5) is 0 Å². The molecule has 2 rings (SSSR count). The van der Waals surface area contributed by atoms with Crippen molar-refractivity contribution in [2.75, 3.05) is 20.2 Å². The predicted molar refractivity (Wildman–Crippen MR) is 89.1 cm³/mol. The summed E-state index contributed by atoms with van der Waals surface area (Å²) in [5.74, 6) is -0.109. The van der Waals surface area contributed by atoms with Crippen LogP contribution < -0.4 is 5.32 Å². The van der Waals surface area contributed by atoms with Gasteiger partial charge in [-0.1, -0.05) is 32.9 Å². The van der Waals surface area contributed by atoms with Gasteiger partial charge in [-0.05, 0) is 23.1 Å². The lowest BCUT2D eigenvalue weighted by Crippen LogP contribution is -2.36. The Morgan fingerprint density at radius 3 is 2.52 bits per heavy atom. The number of nitrogens with one attached hydrogen (secondary N) is 1. The summed E-state index contributed by atoms with van der Waals surface area (Å²) >= 11 is 0. The third-order valence-corrected chi connectivity index (χ3v) is 3.85. The number of likely N-dealkylation sites (tertiary alicyclic amines) is 1. The van der Waals surface area contributed by atoms with Crippen molar-refractivity contribution >= 4 is 11.9 Å². The predicted octanol–water partition coefficient (Wildman–Crippen LogP) is 2.21. The molecule has 1 unspecified atom stereocenters. The molecule has 5 nitrogen and oxygen atoms in total. The Balaban J connectivity index is 1.85. The first-order chi connectivity index (χ1) is 10.8. The standard InChI is InChI=1S/C18H26N2O3/c1-18(2,3)12-20-11-15(9-16(20)21)19-10-13-5-7-14(8-6-13)17(22)23-4/h5-8,15,19H,9-12H2,1-4H3. The molecule has 126 valence electrons. The maximum absolute atomic E-state index is 12.1. The largest absolute Gasteiger partial charge is 0.465 e. The van der Waals surface area contributed by atoms with E-state index in [0.717, 1.165) is 18.7 Å². The highest BCUT2D eigenvalue weighted by molar-refractivity contribution is 5.89. The second-order valence-electron chi connectivity index (χ2n) is 7.31. The number of hydrogen-bond acceptors (Lipinski definition) is 4. The number of rotatable bonds is 5. The summed E-state index contributed by atoms with van der Waals surface area (Å²) in [7, 11) is 1.37. The summed E-state index contributed by atoms with van der Waals surface area (Å²) in [6.07, 6.45) is 0.552. The quantitative estimate of drug-likeness (QED) is 0.846. The van der Waals surface area contributed by atoms with Crippen LogP contribution in [0.2, 0.25) is 0 Å². The van der Waals surface area contributed by atoms with E-state index in [9.17, 15) is 9.59 Å². The first kappa shape index (κ1) is 17.5. The van der Waals surface area contributed by atoms with Gasteiger partial charge in [-0.2, -0.15) is 0 Å². The van der Waals surface area contributed by atoms with Crippen molar-refractivity contribution in [1.82, 2.24) is 10.2 Å². The number of esters is 1. The zero-order chi connectivity index (χ0) is 17.0. The van der Waals surface area contributed by atoms with E-state index in [4.69, 9.17) is 0 Å². The van der Waals surface area contributed by atoms with Crippen LogP contribution in [0.15, 0.2) is 24.3 Å². The second kappa shape index (κ2) is 7.13. The van der Waals surface area contributed by atoms with Gasteiger partial charge in [0.1, 0.15) is 0 Å². The summed E-state index contributed by atoms with van der Waals surface area (Å²) in [5, 5.41) is 3.43. The molecule has 23 heavy (non-hydrogen) atoms. The molecule has 0 bridgehead atoms. The van der Waals surface area contributed by atoms with Crippen LogP contribution in [-0.2, 0) is 16.1 Å². The molecule has 1 aromatic carbocycles. The van der Waals surface area contributed by atoms with Crippen molar-refractivity contribution < 1.29 is 14.3 Å². The first-order valence-electron chi connectivity index (χ1n) is 7.97. The monoisotopic (exact) mass is 318 g/mol. The van der Waals surface area contributed by atoms with Crippen molar-refractivity contribution in [3.8, 4) is 0 Å². The maximum atomic E-state index is 12.1. The Hall–Kier alpha value is -1.88. The number of ether oxygens (including phenoxy) is 1. The molecule has 1 fully saturated rings. The topological polar surface area (TPSA) is 58.6 Å². The molecule has 0 aromatic heterocycles. The van der Waals surface area contributed by atoms with Gasteiger partial charge in [0.15, 0.2) is 0 Å². The van der Waals surface area contributed by atoms with Crippen molar-refractivity contribution in [2.45, 2.75) is 39.8 Å². The highest BCUT2D eigenvalue weighted by Crippen LogP contribution is 2.20. The molecule has 1 heterocycles. The molecule has 0 spiro atoms.